The molecule has 4 aromatic rings. The van der Waals surface area contributed by atoms with Crippen LogP contribution >= 0.6 is 0 Å². The number of benzene rings is 4. The highest BCUT2D eigenvalue weighted by Gasteiger charge is 2.30. The van der Waals surface area contributed by atoms with Crippen LogP contribution in [0.4, 0.5) is 13.2 Å². The summed E-state index contributed by atoms with van der Waals surface area (Å²) in [5, 5.41) is 0. The molecule has 36 heavy (non-hydrogen) atoms. The Bertz CT molecular complexity index is 1270. The molecule has 1 unspecified atom stereocenters. The quantitative estimate of drug-likeness (QED) is 0.190. The van der Waals surface area contributed by atoms with Crippen molar-refractivity contribution < 1.29 is 22.7 Å². The van der Waals surface area contributed by atoms with E-state index in [2.05, 4.69) is 0 Å². The first-order valence-corrected chi connectivity index (χ1v) is 11.4. The zero-order valence-corrected chi connectivity index (χ0v) is 19.6. The molecule has 0 aliphatic rings. The second kappa shape index (κ2) is 11.0. The second-order valence-corrected chi connectivity index (χ2v) is 8.20. The molecule has 0 aromatic heterocycles. The van der Waals surface area contributed by atoms with Crippen LogP contribution in [0.25, 0.3) is 0 Å². The predicted molar refractivity (Wildman–Crippen MR) is 135 cm³/mol. The van der Waals surface area contributed by atoms with Crippen molar-refractivity contribution in [3.8, 4) is 5.75 Å². The number of hydrogen-bond acceptors (Lipinski definition) is 3. The van der Waals surface area contributed by atoms with Gasteiger partial charge in [0.1, 0.15) is 5.75 Å². The van der Waals surface area contributed by atoms with Gasteiger partial charge in [-0.05, 0) is 42.0 Å². The largest absolute Gasteiger partial charge is 0.497 e. The van der Waals surface area contributed by atoms with Crippen LogP contribution in [-0.2, 0) is 6.18 Å². The molecular formula is C30H24F3NO2. The monoisotopic (exact) mass is 487 g/mol. The molecule has 0 spiro atoms. The van der Waals surface area contributed by atoms with Gasteiger partial charge in [0.2, 0.25) is 0 Å². The molecule has 182 valence electrons. The van der Waals surface area contributed by atoms with Gasteiger partial charge in [-0.15, -0.1) is 0 Å². The zero-order chi connectivity index (χ0) is 25.5. The number of ketones is 1. The van der Waals surface area contributed by atoms with E-state index in [1.54, 1.807) is 31.4 Å². The molecule has 0 aliphatic heterocycles. The average Bonchev–Trinajstić information content (AvgIpc) is 2.91. The van der Waals surface area contributed by atoms with Crippen LogP contribution in [0.1, 0.15) is 45.1 Å². The molecule has 0 amide bonds. The first kappa shape index (κ1) is 24.9. The number of halogens is 3. The number of carbonyl (C=O) groups excluding carboxylic acids is 1. The van der Waals surface area contributed by atoms with Gasteiger partial charge in [0, 0.05) is 23.1 Å². The van der Waals surface area contributed by atoms with Gasteiger partial charge in [-0.3, -0.25) is 9.79 Å². The van der Waals surface area contributed by atoms with Crippen molar-refractivity contribution >= 4 is 11.5 Å². The van der Waals surface area contributed by atoms with Crippen molar-refractivity contribution in [1.29, 1.82) is 0 Å². The summed E-state index contributed by atoms with van der Waals surface area (Å²) in [4.78, 5) is 18.2. The molecular weight excluding hydrogens is 463 g/mol. The van der Waals surface area contributed by atoms with E-state index in [1.807, 2.05) is 60.7 Å². The summed E-state index contributed by atoms with van der Waals surface area (Å²) < 4.78 is 44.7. The van der Waals surface area contributed by atoms with Crippen LogP contribution in [-0.4, -0.2) is 18.6 Å². The maximum atomic E-state index is 13.2. The molecule has 0 radical (unpaired) electrons. The Labute approximate surface area is 207 Å². The Morgan fingerprint density at radius 1 is 0.750 bits per heavy atom. The number of methoxy groups -OCH3 is 1. The van der Waals surface area contributed by atoms with E-state index in [0.717, 1.165) is 23.3 Å². The first-order chi connectivity index (χ1) is 17.3. The highest BCUT2D eigenvalue weighted by Crippen LogP contribution is 2.32. The Morgan fingerprint density at radius 2 is 1.28 bits per heavy atom. The van der Waals surface area contributed by atoms with Crippen LogP contribution in [0.15, 0.2) is 114 Å². The molecule has 3 nitrogen and oxygen atoms in total. The number of aliphatic imine (C=N–C) groups is 1. The van der Waals surface area contributed by atoms with E-state index in [9.17, 15) is 18.0 Å². The van der Waals surface area contributed by atoms with Crippen molar-refractivity contribution in [3.63, 3.8) is 0 Å². The third-order valence-corrected chi connectivity index (χ3v) is 5.79. The van der Waals surface area contributed by atoms with Crippen molar-refractivity contribution in [2.24, 2.45) is 4.99 Å². The number of Topliss-reactive ketones (excluding diaryl/α,β-unsaturated/α-hetero) is 1. The number of rotatable bonds is 8. The van der Waals surface area contributed by atoms with E-state index in [4.69, 9.17) is 9.73 Å². The fourth-order valence-electron chi connectivity index (χ4n) is 3.87. The molecule has 0 bridgehead atoms. The smallest absolute Gasteiger partial charge is 0.416 e. The average molecular weight is 488 g/mol. The minimum absolute atomic E-state index is 0.0130. The summed E-state index contributed by atoms with van der Waals surface area (Å²) >= 11 is 0. The molecule has 0 saturated heterocycles. The third kappa shape index (κ3) is 6.08. The van der Waals surface area contributed by atoms with Gasteiger partial charge in [0.15, 0.2) is 5.78 Å². The number of hydrogen-bond donors (Lipinski definition) is 0. The lowest BCUT2D eigenvalue weighted by molar-refractivity contribution is -0.137. The van der Waals surface area contributed by atoms with Crippen molar-refractivity contribution in [1.82, 2.24) is 0 Å². The van der Waals surface area contributed by atoms with Crippen LogP contribution in [0.3, 0.4) is 0 Å². The number of ether oxygens (including phenoxy) is 1. The Hall–Kier alpha value is -4.19. The van der Waals surface area contributed by atoms with Gasteiger partial charge in [0.25, 0.3) is 0 Å². The Balaban J connectivity index is 1.78. The molecule has 0 N–H and O–H groups in total. The molecule has 4 rings (SSSR count). The first-order valence-electron chi connectivity index (χ1n) is 11.4. The van der Waals surface area contributed by atoms with Gasteiger partial charge in [-0.25, -0.2) is 0 Å². The number of carbonyl (C=O) groups is 1. The fourth-order valence-corrected chi connectivity index (χ4v) is 3.87. The third-order valence-electron chi connectivity index (χ3n) is 5.79. The lowest BCUT2D eigenvalue weighted by atomic mass is 9.95. The van der Waals surface area contributed by atoms with Crippen molar-refractivity contribution in [2.45, 2.75) is 18.6 Å². The topological polar surface area (TPSA) is 38.7 Å². The molecule has 0 aliphatic carbocycles. The minimum atomic E-state index is -4.45. The summed E-state index contributed by atoms with van der Waals surface area (Å²) in [6, 6.07) is 29.9. The van der Waals surface area contributed by atoms with Crippen LogP contribution in [0.5, 0.6) is 5.75 Å². The standard InChI is InChI=1S/C30H24F3NO2/c1-36-26-18-14-22(15-19-26)28(35)20-27(21-12-16-25(17-13-21)30(31,32)33)34-29(23-8-4-2-5-9-23)24-10-6-3-7-11-24/h2-19,27H,20H2,1H3. The van der Waals surface area contributed by atoms with Crippen LogP contribution < -0.4 is 4.74 Å². The maximum absolute atomic E-state index is 13.2. The highest BCUT2D eigenvalue weighted by atomic mass is 19.4. The molecule has 6 heteroatoms. The predicted octanol–water partition coefficient (Wildman–Crippen LogP) is 7.57. The van der Waals surface area contributed by atoms with E-state index in [1.165, 1.54) is 12.1 Å². The zero-order valence-electron chi connectivity index (χ0n) is 19.6. The summed E-state index contributed by atoms with van der Waals surface area (Å²) in [6.45, 7) is 0. The van der Waals surface area contributed by atoms with Gasteiger partial charge in [-0.1, -0.05) is 72.8 Å². The highest BCUT2D eigenvalue weighted by molar-refractivity contribution is 6.13. The maximum Gasteiger partial charge on any atom is 0.416 e. The normalized spacial score (nSPS) is 12.0. The van der Waals surface area contributed by atoms with E-state index in [-0.39, 0.29) is 12.2 Å². The summed E-state index contributed by atoms with van der Waals surface area (Å²) in [6.07, 6.45) is -4.46. The van der Waals surface area contributed by atoms with Crippen LogP contribution in [0, 0.1) is 0 Å². The summed E-state index contributed by atoms with van der Waals surface area (Å²) in [7, 11) is 1.54. The molecule has 0 fully saturated rings. The second-order valence-electron chi connectivity index (χ2n) is 8.20. The Morgan fingerprint density at radius 3 is 1.75 bits per heavy atom. The molecule has 1 atom stereocenters. The van der Waals surface area contributed by atoms with Gasteiger partial charge < -0.3 is 4.74 Å². The lowest BCUT2D eigenvalue weighted by Gasteiger charge is -2.17. The van der Waals surface area contributed by atoms with Gasteiger partial charge >= 0.3 is 6.18 Å². The number of alkyl halides is 3. The van der Waals surface area contributed by atoms with Gasteiger partial charge in [-0.2, -0.15) is 13.2 Å². The summed E-state index contributed by atoms with van der Waals surface area (Å²) in [5.41, 5.74) is 2.60. The van der Waals surface area contributed by atoms with Gasteiger partial charge in [0.05, 0.1) is 24.4 Å². The van der Waals surface area contributed by atoms with Crippen molar-refractivity contribution in [2.75, 3.05) is 7.11 Å². The number of nitrogens with zero attached hydrogens (tertiary/aromatic N) is 1. The van der Waals surface area contributed by atoms with E-state index in [0.29, 0.717) is 22.6 Å². The molecule has 4 aromatic carbocycles. The summed E-state index contributed by atoms with van der Waals surface area (Å²) in [5.74, 6) is 0.450. The Kier molecular flexibility index (Phi) is 7.64. The van der Waals surface area contributed by atoms with E-state index >= 15 is 0 Å². The molecule has 0 saturated carbocycles. The molecule has 0 heterocycles. The fraction of sp³-hybridized carbons (Fsp3) is 0.133. The lowest BCUT2D eigenvalue weighted by Crippen LogP contribution is -2.12. The van der Waals surface area contributed by atoms with Crippen LogP contribution in [0.2, 0.25) is 0 Å². The van der Waals surface area contributed by atoms with Crippen molar-refractivity contribution in [3.05, 3.63) is 137 Å². The minimum Gasteiger partial charge on any atom is -0.497 e. The van der Waals surface area contributed by atoms with E-state index < -0.39 is 17.8 Å². The SMILES string of the molecule is COc1ccc(C(=O)CC(N=C(c2ccccc2)c2ccccc2)c2ccc(C(F)(F)F)cc2)cc1.